The van der Waals surface area contributed by atoms with E-state index >= 15 is 0 Å². The minimum atomic E-state index is -0.150. The zero-order valence-electron chi connectivity index (χ0n) is 34.2. The summed E-state index contributed by atoms with van der Waals surface area (Å²) < 4.78 is 11.7. The Bertz CT molecular complexity index is 3670. The van der Waals surface area contributed by atoms with Gasteiger partial charge in [0.15, 0.2) is 7.28 Å². The normalized spacial score (nSPS) is 14.0. The highest BCUT2D eigenvalue weighted by molar-refractivity contribution is 7.25. The van der Waals surface area contributed by atoms with Crippen molar-refractivity contribution in [3.8, 4) is 27.9 Å². The average Bonchev–Trinajstić information content (AvgIpc) is 3.96. The van der Waals surface area contributed by atoms with Crippen molar-refractivity contribution in [3.05, 3.63) is 162 Å². The summed E-state index contributed by atoms with van der Waals surface area (Å²) in [6, 6.07) is 54.3. The summed E-state index contributed by atoms with van der Waals surface area (Å²) >= 11 is 1.88. The van der Waals surface area contributed by atoms with E-state index in [9.17, 15) is 0 Å². The molecule has 3 aromatic heterocycles. The number of fused-ring (bicyclic) bond motifs is 14. The highest BCUT2D eigenvalue weighted by Gasteiger charge is 2.37. The quantitative estimate of drug-likeness (QED) is 0.181. The highest BCUT2D eigenvalue weighted by atomic mass is 32.1. The molecular formula is C55H40BN2OS. The molecule has 0 saturated carbocycles. The molecule has 3 nitrogen and oxygen atoms in total. The molecule has 1 aliphatic carbocycles. The third-order valence-corrected chi connectivity index (χ3v) is 14.7. The topological polar surface area (TPSA) is 30.1 Å². The van der Waals surface area contributed by atoms with Crippen molar-refractivity contribution in [2.75, 3.05) is 5.32 Å². The van der Waals surface area contributed by atoms with Crippen LogP contribution in [0.4, 0.5) is 11.4 Å². The Kier molecular flexibility index (Phi) is 6.75. The van der Waals surface area contributed by atoms with Gasteiger partial charge in [0.05, 0.1) is 5.52 Å². The Labute approximate surface area is 353 Å². The minimum Gasteiger partial charge on any atom is -0.456 e. The standard InChI is InChI=1S/C55H40BN2OS/c1-54(2,3)30-18-20-31(21-19-30)57-45-27-37-32-12-6-9-15-42(32)55(4,5)43(37)25-38(45)35-22-23-36-39-24-41-34-14-8-11-17-50(34)60-51(41)29-46(39)58-47-28-49-40(26-44(47)56-52(35)53(36)58)33-13-7-10-16-48(33)59-49/h6-29,57H,1-5H3. The van der Waals surface area contributed by atoms with Gasteiger partial charge in [-0.25, -0.2) is 0 Å². The van der Waals surface area contributed by atoms with Crippen LogP contribution < -0.4 is 16.2 Å². The van der Waals surface area contributed by atoms with E-state index in [4.69, 9.17) is 4.42 Å². The van der Waals surface area contributed by atoms with Crippen LogP contribution in [0.25, 0.3) is 91.9 Å². The lowest BCUT2D eigenvalue weighted by Crippen LogP contribution is -2.37. The van der Waals surface area contributed by atoms with Crippen molar-refractivity contribution < 1.29 is 4.42 Å². The number of benzene rings is 8. The van der Waals surface area contributed by atoms with Crippen molar-refractivity contribution in [1.29, 1.82) is 0 Å². The van der Waals surface area contributed by atoms with Gasteiger partial charge in [-0.1, -0.05) is 131 Å². The van der Waals surface area contributed by atoms with Gasteiger partial charge >= 0.3 is 0 Å². The molecule has 8 aromatic carbocycles. The molecule has 0 saturated heterocycles. The maximum atomic E-state index is 6.55. The van der Waals surface area contributed by atoms with Crippen molar-refractivity contribution in [2.45, 2.75) is 45.4 Å². The maximum absolute atomic E-state index is 6.55. The van der Waals surface area contributed by atoms with E-state index in [1.807, 2.05) is 11.3 Å². The Morgan fingerprint density at radius 3 is 2.22 bits per heavy atom. The van der Waals surface area contributed by atoms with Crippen LogP contribution in [0.1, 0.15) is 51.3 Å². The van der Waals surface area contributed by atoms with E-state index in [0.29, 0.717) is 0 Å². The van der Waals surface area contributed by atoms with Crippen LogP contribution in [0.5, 0.6) is 0 Å². The fourth-order valence-corrected chi connectivity index (χ4v) is 11.6. The molecule has 4 heterocycles. The summed E-state index contributed by atoms with van der Waals surface area (Å²) in [7, 11) is 2.44. The molecule has 0 atom stereocenters. The summed E-state index contributed by atoms with van der Waals surface area (Å²) in [6.07, 6.45) is 0. The van der Waals surface area contributed by atoms with E-state index in [2.05, 4.69) is 197 Å². The summed E-state index contributed by atoms with van der Waals surface area (Å²) in [5, 5.41) is 11.4. The highest BCUT2D eigenvalue weighted by Crippen LogP contribution is 2.52. The van der Waals surface area contributed by atoms with Gasteiger partial charge in [0.2, 0.25) is 0 Å². The average molecular weight is 788 g/mol. The second-order valence-electron chi connectivity index (χ2n) is 18.4. The van der Waals surface area contributed by atoms with Gasteiger partial charge in [-0.3, -0.25) is 0 Å². The number of nitrogens with one attached hydrogen (secondary N) is 1. The van der Waals surface area contributed by atoms with Crippen LogP contribution in [-0.2, 0) is 10.8 Å². The Morgan fingerprint density at radius 2 is 1.37 bits per heavy atom. The van der Waals surface area contributed by atoms with Crippen LogP contribution in [0, 0.1) is 0 Å². The van der Waals surface area contributed by atoms with Gasteiger partial charge in [-0.2, -0.15) is 0 Å². The molecule has 0 bridgehead atoms. The molecule has 285 valence electrons. The molecule has 13 rings (SSSR count). The first-order valence-electron chi connectivity index (χ1n) is 21.0. The largest absolute Gasteiger partial charge is 0.456 e. The fourth-order valence-electron chi connectivity index (χ4n) is 10.5. The molecule has 0 amide bonds. The monoisotopic (exact) mass is 787 g/mol. The summed E-state index contributed by atoms with van der Waals surface area (Å²) in [5.41, 5.74) is 19.0. The summed E-state index contributed by atoms with van der Waals surface area (Å²) in [5.74, 6) is 0. The van der Waals surface area contributed by atoms with Crippen LogP contribution in [0.15, 0.2) is 150 Å². The van der Waals surface area contributed by atoms with Gasteiger partial charge in [-0.15, -0.1) is 11.3 Å². The van der Waals surface area contributed by atoms with Crippen molar-refractivity contribution in [2.24, 2.45) is 0 Å². The van der Waals surface area contributed by atoms with Crippen molar-refractivity contribution in [1.82, 2.24) is 4.57 Å². The van der Waals surface area contributed by atoms with Crippen LogP contribution >= 0.6 is 11.3 Å². The Hall–Kier alpha value is -6.56. The molecule has 2 aliphatic rings. The smallest absolute Gasteiger partial charge is 0.197 e. The van der Waals surface area contributed by atoms with Crippen molar-refractivity contribution >= 4 is 105 Å². The van der Waals surface area contributed by atoms with Gasteiger partial charge in [0, 0.05) is 81.3 Å². The maximum Gasteiger partial charge on any atom is 0.197 e. The Balaban J connectivity index is 1.11. The number of hydrogen-bond donors (Lipinski definition) is 1. The first kappa shape index (κ1) is 34.3. The lowest BCUT2D eigenvalue weighted by Gasteiger charge is -2.26. The number of furan rings is 1. The van der Waals surface area contributed by atoms with E-state index in [-0.39, 0.29) is 10.8 Å². The molecule has 1 N–H and O–H groups in total. The zero-order chi connectivity index (χ0) is 40.2. The first-order valence-corrected chi connectivity index (χ1v) is 21.8. The molecule has 1 aliphatic heterocycles. The van der Waals surface area contributed by atoms with E-state index in [1.54, 1.807) is 0 Å². The van der Waals surface area contributed by atoms with Crippen LogP contribution in [0.3, 0.4) is 0 Å². The predicted molar refractivity (Wildman–Crippen MR) is 257 cm³/mol. The van der Waals surface area contributed by atoms with Crippen LogP contribution in [-0.4, -0.2) is 11.8 Å². The van der Waals surface area contributed by atoms with E-state index in [0.717, 1.165) is 39.0 Å². The number of anilines is 2. The summed E-state index contributed by atoms with van der Waals surface area (Å²) in [6.45, 7) is 11.6. The van der Waals surface area contributed by atoms with Gasteiger partial charge < -0.3 is 14.3 Å². The lowest BCUT2D eigenvalue weighted by atomic mass is 9.58. The fraction of sp³-hybridized carbons (Fsp3) is 0.127. The molecule has 0 fully saturated rings. The number of hydrogen-bond acceptors (Lipinski definition) is 3. The second-order valence-corrected chi connectivity index (χ2v) is 19.5. The van der Waals surface area contributed by atoms with Crippen LogP contribution in [0.2, 0.25) is 0 Å². The molecule has 11 aromatic rings. The number of thiophene rings is 1. The SMILES string of the molecule is CC(C)(C)c1ccc(Nc2cc3c(cc2-c2ccc4c5cc6c(cc5n5c4c2[B]c2cc4c(cc2-5)oc2ccccc24)sc2ccccc26)C(C)(C)c2ccccc2-3)cc1. The Morgan fingerprint density at radius 1 is 0.583 bits per heavy atom. The van der Waals surface area contributed by atoms with Gasteiger partial charge in [0.1, 0.15) is 11.2 Å². The molecule has 1 radical (unpaired) electrons. The van der Waals surface area contributed by atoms with E-state index < -0.39 is 0 Å². The van der Waals surface area contributed by atoms with Gasteiger partial charge in [-0.05, 0) is 92.8 Å². The number of aromatic nitrogens is 1. The first-order chi connectivity index (χ1) is 29.1. The second kappa shape index (κ2) is 11.8. The van der Waals surface area contributed by atoms with Crippen molar-refractivity contribution in [3.63, 3.8) is 0 Å². The molecule has 0 unspecified atom stereocenters. The molecule has 0 spiro atoms. The molecule has 5 heteroatoms. The number of para-hydroxylation sites is 1. The zero-order valence-corrected chi connectivity index (χ0v) is 35.0. The van der Waals surface area contributed by atoms with E-state index in [1.165, 1.54) is 91.8 Å². The minimum absolute atomic E-state index is 0.0752. The lowest BCUT2D eigenvalue weighted by molar-refractivity contribution is 0.590. The third kappa shape index (κ3) is 4.67. The number of nitrogens with zero attached hydrogens (tertiary/aromatic N) is 1. The summed E-state index contributed by atoms with van der Waals surface area (Å²) in [4.78, 5) is 0. The third-order valence-electron chi connectivity index (χ3n) is 13.6. The van der Waals surface area contributed by atoms with Gasteiger partial charge in [0.25, 0.3) is 0 Å². The molecular weight excluding hydrogens is 747 g/mol. The predicted octanol–water partition coefficient (Wildman–Crippen LogP) is 14.0. The number of rotatable bonds is 3. The molecule has 60 heavy (non-hydrogen) atoms.